The Bertz CT molecular complexity index is 1120. The van der Waals surface area contributed by atoms with Gasteiger partial charge in [-0.2, -0.15) is 0 Å². The summed E-state index contributed by atoms with van der Waals surface area (Å²) in [6.07, 6.45) is 4.93. The molecule has 6 nitrogen and oxygen atoms in total. The summed E-state index contributed by atoms with van der Waals surface area (Å²) in [6, 6.07) is 14.5. The standard InChI is InChI=1S/C21H23N3O3S/c1-28(26,27)20-11-5-2-8-17(20)21(25)23-12-6-7-16(13-23)14-24-15-22-18-9-3-4-10-19(18)24/h2-5,8-11,15-16H,6-7,12-14H2,1H3. The number of imidazole rings is 1. The van der Waals surface area contributed by atoms with Crippen molar-refractivity contribution >= 4 is 26.8 Å². The molecule has 1 aliphatic rings. The van der Waals surface area contributed by atoms with Gasteiger partial charge in [0, 0.05) is 25.9 Å². The first-order valence-electron chi connectivity index (χ1n) is 9.42. The molecule has 1 aromatic heterocycles. The second-order valence-corrected chi connectivity index (χ2v) is 9.40. The van der Waals surface area contributed by atoms with Crippen LogP contribution in [0.1, 0.15) is 23.2 Å². The van der Waals surface area contributed by atoms with Gasteiger partial charge < -0.3 is 9.47 Å². The van der Waals surface area contributed by atoms with Crippen LogP contribution in [0.25, 0.3) is 11.0 Å². The molecule has 7 heteroatoms. The van der Waals surface area contributed by atoms with Crippen LogP contribution in [-0.2, 0) is 16.4 Å². The molecule has 0 spiro atoms. The molecule has 0 bridgehead atoms. The molecular formula is C21H23N3O3S. The van der Waals surface area contributed by atoms with Gasteiger partial charge >= 0.3 is 0 Å². The molecule has 2 aromatic carbocycles. The van der Waals surface area contributed by atoms with Crippen LogP contribution in [-0.4, -0.2) is 48.1 Å². The normalized spacial score (nSPS) is 17.8. The van der Waals surface area contributed by atoms with Crippen LogP contribution in [0.5, 0.6) is 0 Å². The lowest BCUT2D eigenvalue weighted by Gasteiger charge is -2.33. The number of hydrogen-bond donors (Lipinski definition) is 0. The molecule has 146 valence electrons. The summed E-state index contributed by atoms with van der Waals surface area (Å²) in [6.45, 7) is 2.06. The molecule has 1 atom stereocenters. The van der Waals surface area contributed by atoms with Crippen molar-refractivity contribution in [3.8, 4) is 0 Å². The van der Waals surface area contributed by atoms with E-state index in [0.29, 0.717) is 19.0 Å². The van der Waals surface area contributed by atoms with E-state index in [0.717, 1.165) is 36.7 Å². The smallest absolute Gasteiger partial charge is 0.255 e. The number of benzene rings is 2. The number of sulfone groups is 1. The van der Waals surface area contributed by atoms with E-state index >= 15 is 0 Å². The van der Waals surface area contributed by atoms with Gasteiger partial charge in [-0.1, -0.05) is 24.3 Å². The van der Waals surface area contributed by atoms with Crippen LogP contribution in [0, 0.1) is 5.92 Å². The number of piperidine rings is 1. The van der Waals surface area contributed by atoms with Gasteiger partial charge in [0.25, 0.3) is 5.91 Å². The van der Waals surface area contributed by atoms with Gasteiger partial charge in [0.05, 0.1) is 27.8 Å². The molecule has 3 aromatic rings. The van der Waals surface area contributed by atoms with Crippen LogP contribution in [0.15, 0.2) is 59.8 Å². The van der Waals surface area contributed by atoms with Gasteiger partial charge in [-0.25, -0.2) is 13.4 Å². The molecule has 0 saturated carbocycles. The van der Waals surface area contributed by atoms with Crippen molar-refractivity contribution in [2.45, 2.75) is 24.3 Å². The summed E-state index contributed by atoms with van der Waals surface area (Å²) < 4.78 is 26.3. The summed E-state index contributed by atoms with van der Waals surface area (Å²) in [5.74, 6) is 0.0990. The maximum Gasteiger partial charge on any atom is 0.255 e. The Morgan fingerprint density at radius 2 is 1.89 bits per heavy atom. The van der Waals surface area contributed by atoms with Crippen molar-refractivity contribution in [2.24, 2.45) is 5.92 Å². The number of likely N-dealkylation sites (tertiary alicyclic amines) is 1. The highest BCUT2D eigenvalue weighted by molar-refractivity contribution is 7.90. The quantitative estimate of drug-likeness (QED) is 0.678. The number of nitrogens with zero attached hydrogens (tertiary/aromatic N) is 3. The largest absolute Gasteiger partial charge is 0.338 e. The van der Waals surface area contributed by atoms with Crippen LogP contribution in [0.4, 0.5) is 0 Å². The van der Waals surface area contributed by atoms with Gasteiger partial charge in [0.2, 0.25) is 0 Å². The third-order valence-electron chi connectivity index (χ3n) is 5.31. The maximum atomic E-state index is 13.1. The Morgan fingerprint density at radius 1 is 1.14 bits per heavy atom. The summed E-state index contributed by atoms with van der Waals surface area (Å²) in [7, 11) is -3.46. The summed E-state index contributed by atoms with van der Waals surface area (Å²) in [4.78, 5) is 19.4. The first-order chi connectivity index (χ1) is 13.4. The average molecular weight is 398 g/mol. The van der Waals surface area contributed by atoms with E-state index in [4.69, 9.17) is 0 Å². The molecule has 1 unspecified atom stereocenters. The van der Waals surface area contributed by atoms with E-state index in [1.807, 2.05) is 24.5 Å². The number of carbonyl (C=O) groups is 1. The lowest BCUT2D eigenvalue weighted by atomic mass is 9.97. The lowest BCUT2D eigenvalue weighted by Crippen LogP contribution is -2.41. The average Bonchev–Trinajstić information content (AvgIpc) is 3.10. The molecule has 28 heavy (non-hydrogen) atoms. The van der Waals surface area contributed by atoms with Crippen molar-refractivity contribution in [3.63, 3.8) is 0 Å². The molecule has 1 amide bonds. The zero-order valence-corrected chi connectivity index (χ0v) is 16.6. The summed E-state index contributed by atoms with van der Waals surface area (Å²) in [5.41, 5.74) is 2.32. The van der Waals surface area contributed by atoms with E-state index in [-0.39, 0.29) is 16.4 Å². The molecule has 0 N–H and O–H groups in total. The fourth-order valence-corrected chi connectivity index (χ4v) is 4.85. The van der Waals surface area contributed by atoms with Crippen molar-refractivity contribution in [1.82, 2.24) is 14.5 Å². The minimum atomic E-state index is -3.46. The van der Waals surface area contributed by atoms with Crippen LogP contribution >= 0.6 is 0 Å². The van der Waals surface area contributed by atoms with Crippen LogP contribution in [0.3, 0.4) is 0 Å². The van der Waals surface area contributed by atoms with E-state index in [9.17, 15) is 13.2 Å². The number of rotatable bonds is 4. The topological polar surface area (TPSA) is 72.3 Å². The lowest BCUT2D eigenvalue weighted by molar-refractivity contribution is 0.0659. The number of carbonyl (C=O) groups excluding carboxylic acids is 1. The highest BCUT2D eigenvalue weighted by Gasteiger charge is 2.28. The minimum absolute atomic E-state index is 0.0997. The Labute approximate surface area is 164 Å². The second-order valence-electron chi connectivity index (χ2n) is 7.41. The Kier molecular flexibility index (Phi) is 4.93. The Hall–Kier alpha value is -2.67. The fourth-order valence-electron chi connectivity index (χ4n) is 3.97. The van der Waals surface area contributed by atoms with E-state index < -0.39 is 9.84 Å². The number of fused-ring (bicyclic) bond motifs is 1. The number of para-hydroxylation sites is 2. The molecule has 1 aliphatic heterocycles. The predicted molar refractivity (Wildman–Crippen MR) is 108 cm³/mol. The van der Waals surface area contributed by atoms with Gasteiger partial charge in [-0.05, 0) is 43.0 Å². The van der Waals surface area contributed by atoms with Gasteiger partial charge in [-0.3, -0.25) is 4.79 Å². The fraction of sp³-hybridized carbons (Fsp3) is 0.333. The first kappa shape index (κ1) is 18.7. The zero-order valence-electron chi connectivity index (χ0n) is 15.8. The SMILES string of the molecule is CS(=O)(=O)c1ccccc1C(=O)N1CCCC(Cn2cnc3ccccc32)C1. The van der Waals surface area contributed by atoms with Gasteiger partial charge in [-0.15, -0.1) is 0 Å². The van der Waals surface area contributed by atoms with Crippen molar-refractivity contribution in [2.75, 3.05) is 19.3 Å². The zero-order chi connectivity index (χ0) is 19.7. The Morgan fingerprint density at radius 3 is 2.71 bits per heavy atom. The highest BCUT2D eigenvalue weighted by Crippen LogP contribution is 2.24. The third kappa shape index (κ3) is 3.67. The minimum Gasteiger partial charge on any atom is -0.338 e. The Balaban J connectivity index is 1.54. The highest BCUT2D eigenvalue weighted by atomic mass is 32.2. The van der Waals surface area contributed by atoms with Crippen molar-refractivity contribution < 1.29 is 13.2 Å². The molecular weight excluding hydrogens is 374 g/mol. The number of amides is 1. The number of hydrogen-bond acceptors (Lipinski definition) is 4. The number of aromatic nitrogens is 2. The van der Waals surface area contributed by atoms with E-state index in [1.54, 1.807) is 23.1 Å². The van der Waals surface area contributed by atoms with E-state index in [2.05, 4.69) is 15.6 Å². The maximum absolute atomic E-state index is 13.1. The van der Waals surface area contributed by atoms with Gasteiger partial charge in [0.15, 0.2) is 9.84 Å². The summed E-state index contributed by atoms with van der Waals surface area (Å²) in [5, 5.41) is 0. The molecule has 2 heterocycles. The van der Waals surface area contributed by atoms with Crippen LogP contribution < -0.4 is 0 Å². The molecule has 1 fully saturated rings. The third-order valence-corrected chi connectivity index (χ3v) is 6.46. The summed E-state index contributed by atoms with van der Waals surface area (Å²) >= 11 is 0. The molecule has 0 aliphatic carbocycles. The predicted octanol–water partition coefficient (Wildman–Crippen LogP) is 2.99. The molecule has 0 radical (unpaired) electrons. The first-order valence-corrected chi connectivity index (χ1v) is 11.3. The van der Waals surface area contributed by atoms with Gasteiger partial charge in [0.1, 0.15) is 0 Å². The van der Waals surface area contributed by atoms with Crippen molar-refractivity contribution in [3.05, 3.63) is 60.4 Å². The monoisotopic (exact) mass is 397 g/mol. The van der Waals surface area contributed by atoms with Crippen molar-refractivity contribution in [1.29, 1.82) is 0 Å². The van der Waals surface area contributed by atoms with E-state index in [1.165, 1.54) is 6.07 Å². The molecule has 4 rings (SSSR count). The second kappa shape index (κ2) is 7.39. The molecule has 1 saturated heterocycles. The van der Waals surface area contributed by atoms with Crippen LogP contribution in [0.2, 0.25) is 0 Å².